The first kappa shape index (κ1) is 21.5. The summed E-state index contributed by atoms with van der Waals surface area (Å²) in [6.45, 7) is 7.17. The molecule has 21 heavy (non-hydrogen) atoms. The van der Waals surface area contributed by atoms with Crippen molar-refractivity contribution >= 4 is 18.0 Å². The third-order valence-corrected chi connectivity index (χ3v) is 2.36. The van der Waals surface area contributed by atoms with Crippen molar-refractivity contribution in [1.82, 2.24) is 0 Å². The van der Waals surface area contributed by atoms with Crippen LogP contribution in [-0.2, 0) is 23.8 Å². The highest BCUT2D eigenvalue weighted by molar-refractivity contribution is 5.74. The number of rotatable bonds is 5. The number of methoxy groups -OCH3 is 2. The van der Waals surface area contributed by atoms with Gasteiger partial charge in [-0.3, -0.25) is 9.59 Å². The summed E-state index contributed by atoms with van der Waals surface area (Å²) in [5, 5.41) is 0. The first-order chi connectivity index (χ1) is 9.57. The summed E-state index contributed by atoms with van der Waals surface area (Å²) in [6.07, 6.45) is 0.723. The Kier molecular flexibility index (Phi) is 11.2. The molecule has 0 aliphatic rings. The van der Waals surface area contributed by atoms with Gasteiger partial charge in [0, 0.05) is 6.42 Å². The Morgan fingerprint density at radius 3 is 1.86 bits per heavy atom. The Balaban J connectivity index is 0. The minimum Gasteiger partial charge on any atom is -0.469 e. The van der Waals surface area contributed by atoms with Gasteiger partial charge in [0.2, 0.25) is 0 Å². The van der Waals surface area contributed by atoms with Crippen LogP contribution in [0, 0.1) is 5.92 Å². The lowest BCUT2D eigenvalue weighted by molar-refractivity contribution is -0.146. The molecule has 0 aromatic heterocycles. The average Bonchev–Trinajstić information content (AvgIpc) is 2.36. The van der Waals surface area contributed by atoms with Crippen molar-refractivity contribution in [2.24, 2.45) is 11.7 Å². The topological polar surface area (TPSA) is 105 Å². The lowest BCUT2D eigenvalue weighted by Gasteiger charge is -2.16. The molecular formula is C14H27NO6. The third-order valence-electron chi connectivity index (χ3n) is 2.36. The summed E-state index contributed by atoms with van der Waals surface area (Å²) < 4.78 is 13.6. The fourth-order valence-electron chi connectivity index (χ4n) is 1.35. The number of hydrogen-bond acceptors (Lipinski definition) is 6. The number of hydrogen-bond donors (Lipinski definition) is 1. The van der Waals surface area contributed by atoms with E-state index in [9.17, 15) is 14.4 Å². The summed E-state index contributed by atoms with van der Waals surface area (Å²) in [5.74, 6) is -0.738. The molecule has 0 radical (unpaired) electrons. The number of carbonyl (C=O) groups is 3. The number of nitrogens with two attached hydrogens (primary N) is 1. The van der Waals surface area contributed by atoms with Gasteiger partial charge in [0.05, 0.1) is 20.1 Å². The Morgan fingerprint density at radius 1 is 1.10 bits per heavy atom. The molecular weight excluding hydrogens is 278 g/mol. The molecule has 0 heterocycles. The van der Waals surface area contributed by atoms with Crippen molar-refractivity contribution in [2.75, 3.05) is 14.2 Å². The number of esters is 2. The number of amides is 1. The van der Waals surface area contributed by atoms with Crippen LogP contribution in [0.4, 0.5) is 4.79 Å². The Morgan fingerprint density at radius 2 is 1.62 bits per heavy atom. The lowest BCUT2D eigenvalue weighted by atomic mass is 10.0. The van der Waals surface area contributed by atoms with Crippen LogP contribution in [0.1, 0.15) is 47.0 Å². The zero-order chi connectivity index (χ0) is 17.1. The van der Waals surface area contributed by atoms with E-state index in [4.69, 9.17) is 5.73 Å². The van der Waals surface area contributed by atoms with Gasteiger partial charge in [-0.05, 0) is 33.6 Å². The molecule has 0 aromatic rings. The van der Waals surface area contributed by atoms with Gasteiger partial charge in [-0.25, -0.2) is 4.79 Å². The van der Waals surface area contributed by atoms with Crippen LogP contribution in [0.3, 0.4) is 0 Å². The van der Waals surface area contributed by atoms with E-state index < -0.39 is 11.7 Å². The second kappa shape index (κ2) is 10.9. The predicted molar refractivity (Wildman–Crippen MR) is 77.5 cm³/mol. The highest BCUT2D eigenvalue weighted by Gasteiger charge is 2.18. The van der Waals surface area contributed by atoms with E-state index in [1.807, 2.05) is 6.92 Å². The molecule has 1 atom stereocenters. The molecule has 0 aromatic carbocycles. The smallest absolute Gasteiger partial charge is 0.405 e. The summed E-state index contributed by atoms with van der Waals surface area (Å²) in [4.78, 5) is 31.9. The van der Waals surface area contributed by atoms with Crippen LogP contribution in [0.5, 0.6) is 0 Å². The van der Waals surface area contributed by atoms with Gasteiger partial charge in [-0.2, -0.15) is 0 Å². The highest BCUT2D eigenvalue weighted by Crippen LogP contribution is 2.12. The molecule has 0 spiro atoms. The van der Waals surface area contributed by atoms with Gasteiger partial charge < -0.3 is 19.9 Å². The Labute approximate surface area is 126 Å². The average molecular weight is 305 g/mol. The number of primary amides is 1. The predicted octanol–water partition coefficient (Wildman–Crippen LogP) is 2.02. The first-order valence-corrected chi connectivity index (χ1v) is 6.70. The quantitative estimate of drug-likeness (QED) is 0.615. The van der Waals surface area contributed by atoms with Gasteiger partial charge in [-0.1, -0.05) is 6.92 Å². The molecule has 0 rings (SSSR count). The zero-order valence-corrected chi connectivity index (χ0v) is 13.7. The third kappa shape index (κ3) is 14.4. The van der Waals surface area contributed by atoms with Gasteiger partial charge in [-0.15, -0.1) is 0 Å². The summed E-state index contributed by atoms with van der Waals surface area (Å²) in [6, 6.07) is 0. The van der Waals surface area contributed by atoms with Crippen LogP contribution in [0.15, 0.2) is 0 Å². The normalized spacial score (nSPS) is 11.5. The Bertz CT molecular complexity index is 335. The molecule has 0 aliphatic heterocycles. The first-order valence-electron chi connectivity index (χ1n) is 6.70. The largest absolute Gasteiger partial charge is 0.469 e. The van der Waals surface area contributed by atoms with Crippen molar-refractivity contribution in [3.8, 4) is 0 Å². The molecule has 124 valence electrons. The molecule has 1 unspecified atom stereocenters. The van der Waals surface area contributed by atoms with Crippen molar-refractivity contribution in [3.05, 3.63) is 0 Å². The van der Waals surface area contributed by atoms with E-state index in [1.54, 1.807) is 20.8 Å². The van der Waals surface area contributed by atoms with Gasteiger partial charge in [0.25, 0.3) is 0 Å². The zero-order valence-electron chi connectivity index (χ0n) is 13.7. The van der Waals surface area contributed by atoms with Crippen LogP contribution < -0.4 is 5.73 Å². The van der Waals surface area contributed by atoms with Crippen LogP contribution in [0.2, 0.25) is 0 Å². The maximum atomic E-state index is 11.1. The molecule has 0 saturated carbocycles. The Hall–Kier alpha value is -1.79. The standard InChI is InChI=1S/C9H16O4.C5H11NO2/c1-4-7(9(11)13-3)5-6-8(10)12-2;1-5(2,3)8-4(6)7/h7H,4-6H2,1-3H3;1-3H3,(H2,6,7). The molecule has 0 aliphatic carbocycles. The monoisotopic (exact) mass is 305 g/mol. The maximum absolute atomic E-state index is 11.1. The van der Waals surface area contributed by atoms with Gasteiger partial charge in [0.1, 0.15) is 5.60 Å². The molecule has 0 saturated heterocycles. The van der Waals surface area contributed by atoms with E-state index in [0.717, 1.165) is 0 Å². The van der Waals surface area contributed by atoms with E-state index in [1.165, 1.54) is 14.2 Å². The maximum Gasteiger partial charge on any atom is 0.405 e. The molecule has 7 nitrogen and oxygen atoms in total. The molecule has 1 amide bonds. The minimum absolute atomic E-state index is 0.191. The van der Waals surface area contributed by atoms with Crippen LogP contribution in [-0.4, -0.2) is 37.9 Å². The molecule has 0 fully saturated rings. The van der Waals surface area contributed by atoms with E-state index >= 15 is 0 Å². The van der Waals surface area contributed by atoms with Crippen LogP contribution in [0.25, 0.3) is 0 Å². The molecule has 0 bridgehead atoms. The van der Waals surface area contributed by atoms with E-state index in [-0.39, 0.29) is 24.3 Å². The van der Waals surface area contributed by atoms with Crippen molar-refractivity contribution in [2.45, 2.75) is 52.6 Å². The van der Waals surface area contributed by atoms with Crippen molar-refractivity contribution < 1.29 is 28.6 Å². The van der Waals surface area contributed by atoms with Crippen molar-refractivity contribution in [3.63, 3.8) is 0 Å². The van der Waals surface area contributed by atoms with Gasteiger partial charge >= 0.3 is 18.0 Å². The number of carbonyl (C=O) groups excluding carboxylic acids is 3. The van der Waals surface area contributed by atoms with E-state index in [2.05, 4.69) is 14.2 Å². The minimum atomic E-state index is -0.725. The summed E-state index contributed by atoms with van der Waals surface area (Å²) in [5.41, 5.74) is 4.26. The second-order valence-corrected chi connectivity index (χ2v) is 5.28. The van der Waals surface area contributed by atoms with Crippen molar-refractivity contribution in [1.29, 1.82) is 0 Å². The fraction of sp³-hybridized carbons (Fsp3) is 0.786. The van der Waals surface area contributed by atoms with E-state index in [0.29, 0.717) is 12.8 Å². The highest BCUT2D eigenvalue weighted by atomic mass is 16.6. The fourth-order valence-corrected chi connectivity index (χ4v) is 1.35. The lowest BCUT2D eigenvalue weighted by Crippen LogP contribution is -2.27. The second-order valence-electron chi connectivity index (χ2n) is 5.28. The summed E-state index contributed by atoms with van der Waals surface area (Å²) in [7, 11) is 2.69. The van der Waals surface area contributed by atoms with Crippen LogP contribution >= 0.6 is 0 Å². The molecule has 7 heteroatoms. The SMILES string of the molecule is CC(C)(C)OC(N)=O.CCC(CCC(=O)OC)C(=O)OC. The summed E-state index contributed by atoms with van der Waals surface area (Å²) >= 11 is 0. The number of ether oxygens (including phenoxy) is 3. The molecule has 2 N–H and O–H groups in total. The van der Waals surface area contributed by atoms with Gasteiger partial charge in [0.15, 0.2) is 0 Å².